The number of rotatable bonds is 10. The van der Waals surface area contributed by atoms with Gasteiger partial charge >= 0.3 is 5.51 Å². The number of nitrogens with zero attached hydrogens (tertiary/aromatic N) is 2. The number of nitrogen functional groups attached to an aromatic ring is 1. The number of hydrogen-bond donors (Lipinski definition) is 2. The second kappa shape index (κ2) is 11.3. The Morgan fingerprint density at radius 2 is 2.00 bits per heavy atom. The van der Waals surface area contributed by atoms with Crippen molar-refractivity contribution in [3.05, 3.63) is 29.8 Å². The molecule has 3 rings (SSSR count). The molecule has 0 bridgehead atoms. The van der Waals surface area contributed by atoms with Crippen molar-refractivity contribution < 1.29 is 17.4 Å². The smallest absolute Gasteiger partial charge is 0.343 e. The molecule has 182 valence electrons. The van der Waals surface area contributed by atoms with E-state index in [0.717, 1.165) is 67.1 Å². The molecule has 0 amide bonds. The number of para-hydroxylation sites is 1. The number of aromatic nitrogens is 1. The average molecular weight is 482 g/mol. The summed E-state index contributed by atoms with van der Waals surface area (Å²) in [5, 5.41) is 4.08. The van der Waals surface area contributed by atoms with Gasteiger partial charge in [-0.05, 0) is 56.8 Å². The van der Waals surface area contributed by atoms with E-state index >= 15 is 0 Å². The lowest BCUT2D eigenvalue weighted by atomic mass is 9.83. The molecule has 1 unspecified atom stereocenters. The van der Waals surface area contributed by atoms with Crippen LogP contribution < -0.4 is 11.1 Å². The van der Waals surface area contributed by atoms with Crippen molar-refractivity contribution in [1.82, 2.24) is 10.3 Å². The fraction of sp³-hybridized carbons (Fsp3) is 0.542. The largest absolute Gasteiger partial charge is 0.454 e. The molecule has 1 aromatic carbocycles. The van der Waals surface area contributed by atoms with E-state index in [-0.39, 0.29) is 11.4 Å². The van der Waals surface area contributed by atoms with Crippen LogP contribution in [0.15, 0.2) is 29.3 Å². The van der Waals surface area contributed by atoms with Gasteiger partial charge in [0.2, 0.25) is 0 Å². The first-order chi connectivity index (χ1) is 15.7. The summed E-state index contributed by atoms with van der Waals surface area (Å²) in [6.07, 6.45) is 6.67. The van der Waals surface area contributed by atoms with Gasteiger partial charge in [-0.3, -0.25) is 4.99 Å². The Bertz CT molecular complexity index is 1090. The van der Waals surface area contributed by atoms with E-state index in [4.69, 9.17) is 10.7 Å². The normalized spacial score (nSPS) is 17.5. The highest BCUT2D eigenvalue weighted by atomic mass is 32.2. The number of pyridine rings is 1. The molecule has 33 heavy (non-hydrogen) atoms. The van der Waals surface area contributed by atoms with Crippen molar-refractivity contribution in [1.29, 1.82) is 0 Å². The molecule has 1 aromatic heterocycles. The minimum Gasteiger partial charge on any atom is -0.454 e. The zero-order chi connectivity index (χ0) is 24.0. The Labute approximate surface area is 195 Å². The standard InChI is InChI=1S/C24H32F3N4OS/c1-3-4-11-20-17(9-7-8-13-29-15-16(2)33(32)24(25,26)27)14-19-18-10-5-6-12-21(18)31-23(28)22(19)30-20/h5-6,10,12,17,29H,3-4,7-9,11,13-15H2,1-2H3,(H2,28,31)/q-1. The molecule has 0 radical (unpaired) electrons. The molecule has 0 aliphatic carbocycles. The molecule has 3 N–H and O–H groups in total. The zero-order valence-corrected chi connectivity index (χ0v) is 20.0. The molecule has 2 aromatic rings. The van der Waals surface area contributed by atoms with Crippen LogP contribution in [0.2, 0.25) is 0 Å². The van der Waals surface area contributed by atoms with E-state index in [2.05, 4.69) is 23.3 Å². The molecule has 0 saturated carbocycles. The summed E-state index contributed by atoms with van der Waals surface area (Å²) in [6, 6.07) is 7.99. The maximum Gasteiger partial charge on any atom is 0.343 e. The van der Waals surface area contributed by atoms with Gasteiger partial charge in [-0.1, -0.05) is 44.9 Å². The lowest BCUT2D eigenvalue weighted by Gasteiger charge is -2.27. The van der Waals surface area contributed by atoms with Crippen molar-refractivity contribution in [3.63, 3.8) is 0 Å². The van der Waals surface area contributed by atoms with E-state index in [1.54, 1.807) is 0 Å². The van der Waals surface area contributed by atoms with E-state index < -0.39 is 15.9 Å². The summed E-state index contributed by atoms with van der Waals surface area (Å²) >= 11 is 0. The van der Waals surface area contributed by atoms with E-state index in [1.165, 1.54) is 12.6 Å². The van der Waals surface area contributed by atoms with Crippen molar-refractivity contribution in [2.24, 2.45) is 10.9 Å². The predicted molar refractivity (Wildman–Crippen MR) is 131 cm³/mol. The fourth-order valence-corrected chi connectivity index (χ4v) is 4.90. The Balaban J connectivity index is 1.63. The lowest BCUT2D eigenvalue weighted by molar-refractivity contribution is -0.0367. The van der Waals surface area contributed by atoms with Crippen LogP contribution in [0.4, 0.5) is 24.7 Å². The first-order valence-corrected chi connectivity index (χ1v) is 12.6. The summed E-state index contributed by atoms with van der Waals surface area (Å²) < 4.78 is 48.9. The quantitative estimate of drug-likeness (QED) is 0.260. The molecule has 2 heterocycles. The van der Waals surface area contributed by atoms with Gasteiger partial charge < -0.3 is 15.3 Å². The molecular weight excluding hydrogens is 449 g/mol. The molecule has 0 saturated heterocycles. The second-order valence-corrected chi connectivity index (χ2v) is 10.2. The summed E-state index contributed by atoms with van der Waals surface area (Å²) in [7, 11) is -2.91. The highest BCUT2D eigenvalue weighted by Crippen LogP contribution is 2.39. The van der Waals surface area contributed by atoms with Crippen LogP contribution >= 0.6 is 0 Å². The zero-order valence-electron chi connectivity index (χ0n) is 19.2. The van der Waals surface area contributed by atoms with Gasteiger partial charge in [0.05, 0.1) is 5.52 Å². The Kier molecular flexibility index (Phi) is 8.75. The van der Waals surface area contributed by atoms with Crippen LogP contribution in [0.5, 0.6) is 0 Å². The Morgan fingerprint density at radius 3 is 2.73 bits per heavy atom. The van der Waals surface area contributed by atoms with Gasteiger partial charge in [-0.25, -0.2) is 4.98 Å². The molecule has 1 aliphatic heterocycles. The van der Waals surface area contributed by atoms with E-state index in [1.807, 2.05) is 18.2 Å². The third-order valence-corrected chi connectivity index (χ3v) is 7.22. The summed E-state index contributed by atoms with van der Waals surface area (Å²) in [4.78, 5) is 9.40. The van der Waals surface area contributed by atoms with Crippen molar-refractivity contribution in [3.8, 4) is 0 Å². The van der Waals surface area contributed by atoms with Crippen LogP contribution in [0, 0.1) is 5.92 Å². The highest BCUT2D eigenvalue weighted by Gasteiger charge is 2.26. The molecule has 9 heteroatoms. The van der Waals surface area contributed by atoms with Gasteiger partial charge in [0.25, 0.3) is 0 Å². The predicted octanol–water partition coefficient (Wildman–Crippen LogP) is 5.69. The van der Waals surface area contributed by atoms with Crippen LogP contribution in [-0.4, -0.2) is 34.2 Å². The number of aliphatic imine (C=N–C) groups is 1. The summed E-state index contributed by atoms with van der Waals surface area (Å²) in [5.74, 6) is 0.795. The topological polar surface area (TPSA) is 80.4 Å². The number of halogens is 3. The third-order valence-electron chi connectivity index (χ3n) is 6.02. The van der Waals surface area contributed by atoms with Gasteiger partial charge in [-0.2, -0.15) is 23.6 Å². The number of fused-ring (bicyclic) bond motifs is 3. The number of nitrogens with two attached hydrogens (primary N) is 1. The first-order valence-electron chi connectivity index (χ1n) is 11.5. The summed E-state index contributed by atoms with van der Waals surface area (Å²) in [6.45, 7) is 4.02. The maximum absolute atomic E-state index is 12.5. The van der Waals surface area contributed by atoms with Crippen LogP contribution in [0.25, 0.3) is 10.9 Å². The van der Waals surface area contributed by atoms with E-state index in [9.17, 15) is 17.4 Å². The number of alkyl halides is 3. The minimum atomic E-state index is -4.69. The molecule has 1 aliphatic rings. The highest BCUT2D eigenvalue weighted by molar-refractivity contribution is 7.85. The minimum absolute atomic E-state index is 0.00436. The molecule has 1 atom stereocenters. The second-order valence-electron chi connectivity index (χ2n) is 8.54. The Morgan fingerprint density at radius 1 is 1.24 bits per heavy atom. The number of hydrogen-bond acceptors (Lipinski definition) is 6. The molecule has 0 fully saturated rings. The SMILES string of the molecule is CCCCC1=Nc2c(N)nc3ccccc3c2CC1CCCCNCC(C)=[S-](=O)C(F)(F)F. The van der Waals surface area contributed by atoms with Crippen molar-refractivity contribution >= 4 is 43.4 Å². The van der Waals surface area contributed by atoms with Gasteiger partial charge in [-0.15, -0.1) is 4.86 Å². The van der Waals surface area contributed by atoms with E-state index in [0.29, 0.717) is 18.3 Å². The summed E-state index contributed by atoms with van der Waals surface area (Å²) in [5.41, 5.74) is 5.57. The monoisotopic (exact) mass is 481 g/mol. The van der Waals surface area contributed by atoms with Crippen LogP contribution in [-0.2, 0) is 21.0 Å². The molecular formula is C24H32F3N4OS-. The van der Waals surface area contributed by atoms with Crippen LogP contribution in [0.1, 0.15) is 57.9 Å². The fourth-order valence-electron chi connectivity index (χ4n) is 4.28. The van der Waals surface area contributed by atoms with Crippen molar-refractivity contribution in [2.75, 3.05) is 18.8 Å². The first kappa shape index (κ1) is 25.5. The number of nitrogens with one attached hydrogen (secondary N) is 1. The molecule has 0 spiro atoms. The van der Waals surface area contributed by atoms with Gasteiger partial charge in [0, 0.05) is 17.0 Å². The number of anilines is 1. The average Bonchev–Trinajstić information content (AvgIpc) is 2.78. The molecule has 5 nitrogen and oxygen atoms in total. The lowest BCUT2D eigenvalue weighted by Crippen LogP contribution is -2.27. The Hall–Kier alpha value is -2.13. The third kappa shape index (κ3) is 6.47. The van der Waals surface area contributed by atoms with Crippen molar-refractivity contribution in [2.45, 2.75) is 64.3 Å². The maximum atomic E-state index is 12.5. The number of unbranched alkanes of at least 4 members (excludes halogenated alkanes) is 2. The van der Waals surface area contributed by atoms with Gasteiger partial charge in [0.15, 0.2) is 0 Å². The van der Waals surface area contributed by atoms with Crippen LogP contribution in [0.3, 0.4) is 0 Å². The van der Waals surface area contributed by atoms with Gasteiger partial charge in [0.1, 0.15) is 11.5 Å². The number of benzene rings is 1.